The van der Waals surface area contributed by atoms with Crippen molar-refractivity contribution in [2.24, 2.45) is 0 Å². The zero-order valence-corrected chi connectivity index (χ0v) is 18.8. The Kier molecular flexibility index (Phi) is 7.65. The summed E-state index contributed by atoms with van der Waals surface area (Å²) in [5, 5.41) is 15.4. The van der Waals surface area contributed by atoms with E-state index in [1.165, 1.54) is 11.1 Å². The Morgan fingerprint density at radius 1 is 1.12 bits per heavy atom. The molecular formula is C26H31N5O2. The van der Waals surface area contributed by atoms with Crippen LogP contribution in [-0.2, 0) is 13.0 Å². The highest BCUT2D eigenvalue weighted by Gasteiger charge is 2.21. The fourth-order valence-electron chi connectivity index (χ4n) is 4.25. The number of carbonyl (C=O) groups is 1. The second-order valence-corrected chi connectivity index (χ2v) is 8.40. The molecule has 1 heterocycles. The highest BCUT2D eigenvalue weighted by atomic mass is 16.2. The lowest BCUT2D eigenvalue weighted by atomic mass is 10.1. The molecule has 2 aromatic carbocycles. The smallest absolute Gasteiger partial charge is 0.273 e. The van der Waals surface area contributed by atoms with Gasteiger partial charge in [-0.3, -0.25) is 4.79 Å². The lowest BCUT2D eigenvalue weighted by Gasteiger charge is -2.15. The van der Waals surface area contributed by atoms with Crippen molar-refractivity contribution < 1.29 is 9.90 Å². The van der Waals surface area contributed by atoms with Crippen molar-refractivity contribution >= 4 is 11.7 Å². The number of nitrogens with two attached hydrogens (primary N) is 1. The lowest BCUT2D eigenvalue weighted by molar-refractivity contribution is 0.0948. The van der Waals surface area contributed by atoms with Gasteiger partial charge in [0.2, 0.25) is 0 Å². The van der Waals surface area contributed by atoms with Gasteiger partial charge in [-0.15, -0.1) is 0 Å². The predicted octanol–water partition coefficient (Wildman–Crippen LogP) is 3.40. The summed E-state index contributed by atoms with van der Waals surface area (Å²) in [5.74, 6) is -0.215. The fourth-order valence-corrected chi connectivity index (χ4v) is 4.25. The maximum Gasteiger partial charge on any atom is 0.273 e. The van der Waals surface area contributed by atoms with Crippen LogP contribution in [0.3, 0.4) is 0 Å². The molecule has 172 valence electrons. The maximum absolute atomic E-state index is 12.5. The minimum atomic E-state index is -0.330. The van der Waals surface area contributed by atoms with Crippen LogP contribution in [-0.4, -0.2) is 34.1 Å². The number of aryl methyl sites for hydroxylation is 1. The molecule has 7 nitrogen and oxygen atoms in total. The number of carbonyl (C=O) groups excluding carboxylic acids is 1. The molecule has 3 aromatic rings. The summed E-state index contributed by atoms with van der Waals surface area (Å²) in [5.41, 5.74) is 11.5. The van der Waals surface area contributed by atoms with Crippen molar-refractivity contribution in [3.8, 4) is 11.3 Å². The highest BCUT2D eigenvalue weighted by Crippen LogP contribution is 2.31. The number of hydrogen-bond acceptors (Lipinski definition) is 6. The first-order valence-corrected chi connectivity index (χ1v) is 11.6. The van der Waals surface area contributed by atoms with Crippen LogP contribution in [0.1, 0.15) is 58.9 Å². The summed E-state index contributed by atoms with van der Waals surface area (Å²) in [7, 11) is 0. The largest absolute Gasteiger partial charge is 0.396 e. The quantitative estimate of drug-likeness (QED) is 0.356. The summed E-state index contributed by atoms with van der Waals surface area (Å²) in [6.45, 7) is 1.42. The number of aliphatic hydroxyl groups excluding tert-OH is 1. The van der Waals surface area contributed by atoms with Crippen molar-refractivity contribution in [1.82, 2.24) is 20.6 Å². The molecule has 1 amide bonds. The summed E-state index contributed by atoms with van der Waals surface area (Å²) < 4.78 is 0. The van der Waals surface area contributed by atoms with E-state index in [2.05, 4.69) is 57.0 Å². The van der Waals surface area contributed by atoms with Gasteiger partial charge in [-0.1, -0.05) is 42.5 Å². The summed E-state index contributed by atoms with van der Waals surface area (Å²) in [6, 6.07) is 17.1. The molecule has 0 bridgehead atoms. The third-order valence-corrected chi connectivity index (χ3v) is 6.04. The van der Waals surface area contributed by atoms with Gasteiger partial charge >= 0.3 is 0 Å². The first kappa shape index (κ1) is 22.9. The van der Waals surface area contributed by atoms with Gasteiger partial charge in [0.25, 0.3) is 5.91 Å². The van der Waals surface area contributed by atoms with Crippen LogP contribution in [0.2, 0.25) is 0 Å². The molecule has 33 heavy (non-hydrogen) atoms. The third kappa shape index (κ3) is 5.74. The van der Waals surface area contributed by atoms with E-state index in [-0.39, 0.29) is 24.0 Å². The molecule has 1 aliphatic rings. The number of rotatable bonds is 10. The molecule has 5 N–H and O–H groups in total. The van der Waals surface area contributed by atoms with E-state index in [1.54, 1.807) is 6.20 Å². The Balaban J connectivity index is 1.41. The first-order chi connectivity index (χ1) is 16.2. The number of anilines is 1. The molecule has 4 rings (SSSR count). The number of nitrogens with one attached hydrogen (secondary N) is 2. The summed E-state index contributed by atoms with van der Waals surface area (Å²) in [4.78, 5) is 21.3. The molecule has 0 radical (unpaired) electrons. The number of unbranched alkanes of at least 4 members (excludes halogenated alkanes) is 2. The normalized spacial score (nSPS) is 14.8. The molecular weight excluding hydrogens is 414 g/mol. The molecule has 0 unspecified atom stereocenters. The molecule has 0 saturated carbocycles. The topological polar surface area (TPSA) is 113 Å². The second-order valence-electron chi connectivity index (χ2n) is 8.40. The Morgan fingerprint density at radius 3 is 2.88 bits per heavy atom. The number of nitrogen functional groups attached to an aromatic ring is 1. The molecule has 7 heteroatoms. The summed E-state index contributed by atoms with van der Waals surface area (Å²) >= 11 is 0. The van der Waals surface area contributed by atoms with Gasteiger partial charge in [0, 0.05) is 31.3 Å². The van der Waals surface area contributed by atoms with Gasteiger partial charge in [-0.05, 0) is 54.9 Å². The Morgan fingerprint density at radius 2 is 2.00 bits per heavy atom. The van der Waals surface area contributed by atoms with Crippen LogP contribution >= 0.6 is 0 Å². The minimum Gasteiger partial charge on any atom is -0.396 e. The molecule has 0 fully saturated rings. The molecule has 1 atom stereocenters. The van der Waals surface area contributed by atoms with Crippen LogP contribution in [0.25, 0.3) is 11.3 Å². The number of aromatic nitrogens is 2. The molecule has 0 spiro atoms. The maximum atomic E-state index is 12.5. The van der Waals surface area contributed by atoms with Gasteiger partial charge in [-0.25, -0.2) is 9.97 Å². The SMILES string of the molecule is Nc1ncc(-c2cccc(CN[C@H]3CCc4ccccc43)c2)nc1C(=O)NCCCCCO. The van der Waals surface area contributed by atoms with Crippen LogP contribution in [0.5, 0.6) is 0 Å². The van der Waals surface area contributed by atoms with E-state index in [0.29, 0.717) is 18.3 Å². The van der Waals surface area contributed by atoms with Crippen molar-refractivity contribution in [3.05, 3.63) is 77.1 Å². The summed E-state index contributed by atoms with van der Waals surface area (Å²) in [6.07, 6.45) is 6.20. The number of hydrogen-bond donors (Lipinski definition) is 4. The fraction of sp³-hybridized carbons (Fsp3) is 0.346. The van der Waals surface area contributed by atoms with Crippen molar-refractivity contribution in [2.45, 2.75) is 44.7 Å². The number of fused-ring (bicyclic) bond motifs is 1. The van der Waals surface area contributed by atoms with Crippen LogP contribution in [0.15, 0.2) is 54.7 Å². The average Bonchev–Trinajstić information content (AvgIpc) is 3.26. The Bertz CT molecular complexity index is 1100. The Labute approximate surface area is 194 Å². The molecule has 1 aromatic heterocycles. The van der Waals surface area contributed by atoms with E-state index in [9.17, 15) is 4.79 Å². The monoisotopic (exact) mass is 445 g/mol. The highest BCUT2D eigenvalue weighted by molar-refractivity contribution is 5.96. The van der Waals surface area contributed by atoms with Crippen LogP contribution in [0.4, 0.5) is 5.82 Å². The number of aliphatic hydroxyl groups is 1. The van der Waals surface area contributed by atoms with E-state index in [1.807, 2.05) is 12.1 Å². The van der Waals surface area contributed by atoms with E-state index in [4.69, 9.17) is 10.8 Å². The van der Waals surface area contributed by atoms with E-state index >= 15 is 0 Å². The zero-order chi connectivity index (χ0) is 23.0. The van der Waals surface area contributed by atoms with Crippen LogP contribution in [0, 0.1) is 0 Å². The van der Waals surface area contributed by atoms with E-state index in [0.717, 1.165) is 49.8 Å². The molecule has 0 aliphatic heterocycles. The third-order valence-electron chi connectivity index (χ3n) is 6.04. The lowest BCUT2D eigenvalue weighted by Crippen LogP contribution is -2.27. The number of nitrogens with zero attached hydrogens (tertiary/aromatic N) is 2. The standard InChI is InChI=1S/C26H31N5O2/c27-25-24(26(33)28-13-4-1-5-14-32)31-23(17-30-25)20-9-6-7-18(15-20)16-29-22-12-11-19-8-2-3-10-21(19)22/h2-3,6-10,15,17,22,29,32H,1,4-5,11-14,16H2,(H2,27,30)(H,28,33)/t22-/m0/s1. The molecule has 1 aliphatic carbocycles. The predicted molar refractivity (Wildman–Crippen MR) is 129 cm³/mol. The van der Waals surface area contributed by atoms with Gasteiger partial charge in [-0.2, -0.15) is 0 Å². The van der Waals surface area contributed by atoms with Crippen molar-refractivity contribution in [1.29, 1.82) is 0 Å². The van der Waals surface area contributed by atoms with Gasteiger partial charge in [0.05, 0.1) is 11.9 Å². The second kappa shape index (κ2) is 11.0. The van der Waals surface area contributed by atoms with Crippen molar-refractivity contribution in [3.63, 3.8) is 0 Å². The molecule has 0 saturated heterocycles. The van der Waals surface area contributed by atoms with Crippen molar-refractivity contribution in [2.75, 3.05) is 18.9 Å². The van der Waals surface area contributed by atoms with Gasteiger partial charge in [0.15, 0.2) is 11.5 Å². The minimum absolute atomic E-state index is 0.115. The van der Waals surface area contributed by atoms with Gasteiger partial charge in [0.1, 0.15) is 0 Å². The first-order valence-electron chi connectivity index (χ1n) is 11.6. The number of benzene rings is 2. The Hall–Kier alpha value is -3.29. The van der Waals surface area contributed by atoms with Crippen LogP contribution < -0.4 is 16.4 Å². The number of amides is 1. The zero-order valence-electron chi connectivity index (χ0n) is 18.8. The van der Waals surface area contributed by atoms with Gasteiger partial charge < -0.3 is 21.5 Å². The van der Waals surface area contributed by atoms with E-state index < -0.39 is 0 Å². The average molecular weight is 446 g/mol.